The van der Waals surface area contributed by atoms with Crippen LogP contribution in [0.1, 0.15) is 166 Å². The number of nitrogens with zero attached hydrogens (tertiary/aromatic N) is 5. The molecule has 16 aromatic carbocycles. The number of hydrogen-bond acceptors (Lipinski definition) is 2. The summed E-state index contributed by atoms with van der Waals surface area (Å²) >= 11 is 0. The molecule has 5 heterocycles. The van der Waals surface area contributed by atoms with E-state index in [4.69, 9.17) is 0 Å². The van der Waals surface area contributed by atoms with Gasteiger partial charge < -0.3 is 23.5 Å². The van der Waals surface area contributed by atoms with Crippen LogP contribution in [-0.4, -0.2) is 13.7 Å². The lowest BCUT2D eigenvalue weighted by atomic mass is 9.47. The third kappa shape index (κ3) is 11.4. The molecule has 0 saturated heterocycles. The minimum absolute atomic E-state index is 0.100. The number of para-hydroxylation sites is 4. The zero-order valence-electron chi connectivity index (χ0n) is 76.6. The van der Waals surface area contributed by atoms with E-state index in [1.54, 1.807) is 0 Å². The molecule has 0 radical (unpaired) electrons. The maximum Gasteiger partial charge on any atom is 0.0584 e. The highest BCUT2D eigenvalue weighted by Crippen LogP contribution is 2.66. The van der Waals surface area contributed by atoms with Crippen LogP contribution in [0.5, 0.6) is 0 Å². The second-order valence-electron chi connectivity index (χ2n) is 41.5. The molecule has 5 nitrogen and oxygen atoms in total. The van der Waals surface area contributed by atoms with Crippen molar-refractivity contribution in [2.24, 2.45) is 41.4 Å². The predicted molar refractivity (Wildman–Crippen MR) is 548 cm³/mol. The van der Waals surface area contributed by atoms with Gasteiger partial charge in [0.05, 0.1) is 44.5 Å². The van der Waals surface area contributed by atoms with Gasteiger partial charge in [0, 0.05) is 93.8 Å². The van der Waals surface area contributed by atoms with Gasteiger partial charge in [0.15, 0.2) is 0 Å². The van der Waals surface area contributed by atoms with Crippen molar-refractivity contribution in [3.05, 3.63) is 390 Å². The topological polar surface area (TPSA) is 21.3 Å². The molecule has 5 heteroatoms. The summed E-state index contributed by atoms with van der Waals surface area (Å²) in [6.45, 7) is 27.1. The van der Waals surface area contributed by atoms with Crippen LogP contribution in [0, 0.1) is 41.4 Å². The molecule has 4 aliphatic carbocycles. The maximum absolute atomic E-state index is 2.69. The minimum atomic E-state index is -0.348. The van der Waals surface area contributed by atoms with Crippen molar-refractivity contribution < 1.29 is 0 Å². The van der Waals surface area contributed by atoms with Gasteiger partial charge in [-0.2, -0.15) is 0 Å². The van der Waals surface area contributed by atoms with Gasteiger partial charge in [-0.15, -0.1) is 0 Å². The van der Waals surface area contributed by atoms with Gasteiger partial charge in [-0.25, -0.2) is 0 Å². The largest absolute Gasteiger partial charge is 0.310 e. The van der Waals surface area contributed by atoms with Crippen molar-refractivity contribution in [2.75, 3.05) is 9.80 Å². The van der Waals surface area contributed by atoms with Crippen LogP contribution < -0.4 is 9.80 Å². The lowest BCUT2D eigenvalue weighted by Crippen LogP contribution is -2.52. The summed E-state index contributed by atoms with van der Waals surface area (Å²) in [7, 11) is 0. The van der Waals surface area contributed by atoms with Gasteiger partial charge in [-0.05, 0) is 307 Å². The molecule has 2 fully saturated rings. The Bertz CT molecular complexity index is 7840. The van der Waals surface area contributed by atoms with E-state index in [0.29, 0.717) is 41.4 Å². The highest BCUT2D eigenvalue weighted by molar-refractivity contribution is 6.17. The Labute approximate surface area is 765 Å². The first kappa shape index (κ1) is 78.7. The van der Waals surface area contributed by atoms with Gasteiger partial charge in [0.1, 0.15) is 0 Å². The Balaban J connectivity index is 0.613. The fourth-order valence-corrected chi connectivity index (χ4v) is 27.4. The van der Waals surface area contributed by atoms with Crippen molar-refractivity contribution in [1.82, 2.24) is 13.7 Å². The molecule has 25 rings (SSSR count). The normalized spacial score (nSPS) is 19.1. The molecule has 2 aliphatic heterocycles. The number of rotatable bonds is 16. The average molecular weight is 1680 g/mol. The highest BCUT2D eigenvalue weighted by Gasteiger charge is 2.57. The van der Waals surface area contributed by atoms with Crippen molar-refractivity contribution in [1.29, 1.82) is 0 Å². The second kappa shape index (κ2) is 29.3. The van der Waals surface area contributed by atoms with Crippen LogP contribution in [0.3, 0.4) is 0 Å². The maximum atomic E-state index is 2.69. The molecule has 1 spiro atoms. The number of aromatic nitrogens is 3. The van der Waals surface area contributed by atoms with Crippen LogP contribution in [0.15, 0.2) is 346 Å². The molecule has 0 amide bonds. The first-order valence-electron chi connectivity index (χ1n) is 48.2. The van der Waals surface area contributed by atoms with E-state index in [0.717, 1.165) is 35.6 Å². The van der Waals surface area contributed by atoms with E-state index in [1.807, 2.05) is 0 Å². The molecule has 3 aromatic heterocycles. The van der Waals surface area contributed by atoms with Crippen LogP contribution in [0.4, 0.5) is 34.1 Å². The summed E-state index contributed by atoms with van der Waals surface area (Å²) in [5.41, 5.74) is 41.5. The Hall–Kier alpha value is -13.5. The van der Waals surface area contributed by atoms with E-state index in [9.17, 15) is 0 Å². The zero-order chi connectivity index (χ0) is 87.7. The standard InChI is InChI=1S/C125H111N5/c1-76(2)63-79(6)124(80(7)64-77(3)4)108-41-21-25-45-117(108)130-119-69-86(51-59-102(119)105-71-95(74-112(124)120(105)130)127(91-34-27-31-84(67-91)81-29-13-12-14-30-81)93-58-61-99-97-36-16-20-40-107(97)123(10,11)111(99)73-93)85-52-62-116-103(68-85)100-37-17-23-43-114(100)128(116)90-55-49-83(50-56-90)82-47-53-89(54-48-82)126(92-57-60-98-96-35-15-19-39-106(96)122(8,9)110(98)72-92)94-70-104-101-38-18-24-44-115(101)129-118-46-26-22-42-109(118)125(113(75-94)121(104)129)87-32-28-33-88(125)66-78(5)65-87/h12-27,29-31,34-62,67-80,87-88H,28,32-33,63-66H2,1-11H3/t78-,79-,80+,87-,88+,124?,125?. The van der Waals surface area contributed by atoms with Crippen LogP contribution in [-0.2, 0) is 21.7 Å². The fourth-order valence-electron chi connectivity index (χ4n) is 27.4. The molecule has 636 valence electrons. The first-order valence-corrected chi connectivity index (χ1v) is 48.2. The smallest absolute Gasteiger partial charge is 0.0584 e. The lowest BCUT2D eigenvalue weighted by Gasteiger charge is -2.57. The van der Waals surface area contributed by atoms with Gasteiger partial charge in [0.25, 0.3) is 0 Å². The Morgan fingerprint density at radius 2 is 0.715 bits per heavy atom. The zero-order valence-corrected chi connectivity index (χ0v) is 76.6. The van der Waals surface area contributed by atoms with E-state index in [-0.39, 0.29) is 21.7 Å². The Kier molecular flexibility index (Phi) is 17.7. The monoisotopic (exact) mass is 1680 g/mol. The number of hydrogen-bond donors (Lipinski definition) is 0. The number of anilines is 6. The SMILES string of the molecule is CC(C)C[C@@H](C)C1([C@@H](C)CC(C)C)c2ccccc2-n2c3cc(-c4ccc5c(c4)c4ccccc4n5-c4ccc(-c5ccc(N(c6ccc7c(c6)C(C)(C)c6ccccc6-7)c6cc7c8c(c6)c6ccccc6n8-c6ccccc6C76[C@@H]7CCC[C@H]6C[C@H](C)C7)cc5)cc4)ccc3c3cc(N(c4cccc(-c5ccccc5)c4)c4ccc5c(c4)C(C)(C)c4ccccc4-5)cc1c32. The van der Waals surface area contributed by atoms with E-state index in [1.165, 1.54) is 226 Å². The van der Waals surface area contributed by atoms with Crippen molar-refractivity contribution in [2.45, 2.75) is 143 Å². The van der Waals surface area contributed by atoms with Crippen molar-refractivity contribution in [3.8, 4) is 72.7 Å². The molecule has 0 N–H and O–H groups in total. The van der Waals surface area contributed by atoms with Crippen LogP contribution >= 0.6 is 0 Å². The van der Waals surface area contributed by atoms with E-state index in [2.05, 4.69) is 445 Å². The highest BCUT2D eigenvalue weighted by atomic mass is 15.2. The summed E-state index contributed by atoms with van der Waals surface area (Å²) < 4.78 is 7.83. The Morgan fingerprint density at radius 3 is 1.34 bits per heavy atom. The molecule has 7 atom stereocenters. The molecule has 6 aliphatic rings. The quantitative estimate of drug-likeness (QED) is 0.0961. The fraction of sp³-hybridized carbons (Fsp3) is 0.232. The van der Waals surface area contributed by atoms with Gasteiger partial charge >= 0.3 is 0 Å². The summed E-state index contributed by atoms with van der Waals surface area (Å²) in [5, 5.41) is 7.66. The lowest BCUT2D eigenvalue weighted by molar-refractivity contribution is 0.0533. The number of fused-ring (bicyclic) bond motifs is 19. The molecule has 2 bridgehead atoms. The van der Waals surface area contributed by atoms with Crippen LogP contribution in [0.2, 0.25) is 0 Å². The van der Waals surface area contributed by atoms with Crippen molar-refractivity contribution >= 4 is 99.5 Å². The van der Waals surface area contributed by atoms with E-state index >= 15 is 0 Å². The summed E-state index contributed by atoms with van der Waals surface area (Å²) in [5.74, 6) is 3.40. The molecule has 2 saturated carbocycles. The molecule has 2 unspecified atom stereocenters. The first-order chi connectivity index (χ1) is 63.3. The molecule has 19 aromatic rings. The summed E-state index contributed by atoms with van der Waals surface area (Å²) in [6, 6.07) is 135. The summed E-state index contributed by atoms with van der Waals surface area (Å²) in [4.78, 5) is 5.22. The van der Waals surface area contributed by atoms with Gasteiger partial charge in [0.2, 0.25) is 0 Å². The molecule has 130 heavy (non-hydrogen) atoms. The molecular formula is C125H111N5. The van der Waals surface area contributed by atoms with E-state index < -0.39 is 0 Å². The van der Waals surface area contributed by atoms with Gasteiger partial charge in [-0.1, -0.05) is 301 Å². The summed E-state index contributed by atoms with van der Waals surface area (Å²) in [6.07, 6.45) is 8.52. The average Bonchev–Trinajstić information content (AvgIpc) is 1.49. The minimum Gasteiger partial charge on any atom is -0.310 e. The second-order valence-corrected chi connectivity index (χ2v) is 41.5. The molecular weight excluding hydrogens is 1570 g/mol. The van der Waals surface area contributed by atoms with Gasteiger partial charge in [-0.3, -0.25) is 0 Å². The predicted octanol–water partition coefficient (Wildman–Crippen LogP) is 33.9. The number of benzene rings is 16. The van der Waals surface area contributed by atoms with Crippen LogP contribution in [0.25, 0.3) is 138 Å². The third-order valence-electron chi connectivity index (χ3n) is 32.6. The Morgan fingerprint density at radius 1 is 0.292 bits per heavy atom. The van der Waals surface area contributed by atoms with Crippen molar-refractivity contribution in [3.63, 3.8) is 0 Å². The third-order valence-corrected chi connectivity index (χ3v) is 32.6.